The number of hydrogen-bond donors (Lipinski definition) is 0. The molecule has 1 aromatic rings. The molecular weight excluding hydrogens is 201 g/mol. The highest BCUT2D eigenvalue weighted by Gasteiger charge is 2.23. The molecule has 14 heavy (non-hydrogen) atoms. The monoisotopic (exact) mass is 213 g/mol. The molecular formula is C11H13ClFN. The smallest absolute Gasteiger partial charge is 0.144 e. The third-order valence-electron chi connectivity index (χ3n) is 2.85. The summed E-state index contributed by atoms with van der Waals surface area (Å²) in [5, 5.41) is 0.210. The van der Waals surface area contributed by atoms with Crippen LogP contribution in [0, 0.1) is 5.82 Å². The average Bonchev–Trinajstić information content (AvgIpc) is 2.18. The summed E-state index contributed by atoms with van der Waals surface area (Å²) in [6.07, 6.45) is 7.03. The summed E-state index contributed by atoms with van der Waals surface area (Å²) >= 11 is 6.08. The normalized spacial score (nSPS) is 27.6. The Bertz CT molecular complexity index is 316. The standard InChI is InChI=1S/C11H13ClFN/c12-9-3-1-2-8(6-9)10-4-5-14-7-11(10)13/h4-5,7-9H,1-3,6H2. The van der Waals surface area contributed by atoms with Crippen LogP contribution in [-0.2, 0) is 0 Å². The van der Waals surface area contributed by atoms with Gasteiger partial charge in [-0.1, -0.05) is 6.42 Å². The van der Waals surface area contributed by atoms with E-state index in [1.165, 1.54) is 6.20 Å². The molecule has 0 radical (unpaired) electrons. The molecule has 1 aromatic heterocycles. The minimum atomic E-state index is -0.191. The Morgan fingerprint density at radius 1 is 1.43 bits per heavy atom. The number of rotatable bonds is 1. The largest absolute Gasteiger partial charge is 0.262 e. The van der Waals surface area contributed by atoms with Gasteiger partial charge in [-0.05, 0) is 36.8 Å². The molecule has 2 atom stereocenters. The van der Waals surface area contributed by atoms with Gasteiger partial charge in [0.15, 0.2) is 0 Å². The van der Waals surface area contributed by atoms with Gasteiger partial charge in [0.2, 0.25) is 0 Å². The lowest BCUT2D eigenvalue weighted by Gasteiger charge is -2.25. The first-order chi connectivity index (χ1) is 6.77. The van der Waals surface area contributed by atoms with Gasteiger partial charge in [0.1, 0.15) is 5.82 Å². The molecule has 3 heteroatoms. The van der Waals surface area contributed by atoms with Crippen LogP contribution in [0.15, 0.2) is 18.5 Å². The molecule has 1 nitrogen and oxygen atoms in total. The number of alkyl halides is 1. The Kier molecular flexibility index (Phi) is 3.02. The SMILES string of the molecule is Fc1cnccc1C1CCCC(Cl)C1. The molecule has 0 aliphatic heterocycles. The van der Waals surface area contributed by atoms with Crippen LogP contribution in [0.25, 0.3) is 0 Å². The number of pyridine rings is 1. The summed E-state index contributed by atoms with van der Waals surface area (Å²) < 4.78 is 13.4. The Hall–Kier alpha value is -0.630. The summed E-state index contributed by atoms with van der Waals surface area (Å²) in [7, 11) is 0. The van der Waals surface area contributed by atoms with Crippen molar-refractivity contribution in [2.45, 2.75) is 37.0 Å². The van der Waals surface area contributed by atoms with Crippen molar-refractivity contribution >= 4 is 11.6 Å². The molecule has 0 saturated heterocycles. The van der Waals surface area contributed by atoms with E-state index < -0.39 is 0 Å². The second kappa shape index (κ2) is 4.26. The van der Waals surface area contributed by atoms with E-state index in [9.17, 15) is 4.39 Å². The van der Waals surface area contributed by atoms with Crippen molar-refractivity contribution in [1.29, 1.82) is 0 Å². The van der Waals surface area contributed by atoms with Gasteiger partial charge in [-0.25, -0.2) is 4.39 Å². The molecule has 1 saturated carbocycles. The van der Waals surface area contributed by atoms with Crippen LogP contribution in [0.5, 0.6) is 0 Å². The van der Waals surface area contributed by atoms with Gasteiger partial charge in [-0.3, -0.25) is 4.98 Å². The molecule has 0 N–H and O–H groups in total. The van der Waals surface area contributed by atoms with E-state index in [1.807, 2.05) is 0 Å². The molecule has 0 bridgehead atoms. The molecule has 0 amide bonds. The first kappa shape index (κ1) is 9.91. The minimum Gasteiger partial charge on any atom is -0.262 e. The van der Waals surface area contributed by atoms with Gasteiger partial charge in [0.25, 0.3) is 0 Å². The molecule has 76 valence electrons. The van der Waals surface area contributed by atoms with Crippen molar-refractivity contribution in [3.63, 3.8) is 0 Å². The van der Waals surface area contributed by atoms with E-state index in [1.54, 1.807) is 12.3 Å². The molecule has 1 fully saturated rings. The zero-order chi connectivity index (χ0) is 9.97. The first-order valence-corrected chi connectivity index (χ1v) is 5.44. The molecule has 2 rings (SSSR count). The van der Waals surface area contributed by atoms with Crippen LogP contribution in [0.2, 0.25) is 0 Å². The fraction of sp³-hybridized carbons (Fsp3) is 0.545. The Morgan fingerprint density at radius 3 is 3.00 bits per heavy atom. The van der Waals surface area contributed by atoms with E-state index in [0.29, 0.717) is 0 Å². The van der Waals surface area contributed by atoms with Gasteiger partial charge in [0.05, 0.1) is 6.20 Å². The van der Waals surface area contributed by atoms with Crippen LogP contribution in [0.3, 0.4) is 0 Å². The third-order valence-corrected chi connectivity index (χ3v) is 3.25. The topological polar surface area (TPSA) is 12.9 Å². The highest BCUT2D eigenvalue weighted by Crippen LogP contribution is 2.35. The van der Waals surface area contributed by atoms with E-state index in [2.05, 4.69) is 4.98 Å². The van der Waals surface area contributed by atoms with Gasteiger partial charge in [-0.15, -0.1) is 11.6 Å². The maximum Gasteiger partial charge on any atom is 0.144 e. The van der Waals surface area contributed by atoms with Gasteiger partial charge in [-0.2, -0.15) is 0 Å². The lowest BCUT2D eigenvalue weighted by atomic mass is 9.84. The van der Waals surface area contributed by atoms with Gasteiger partial charge < -0.3 is 0 Å². The lowest BCUT2D eigenvalue weighted by Crippen LogP contribution is -2.15. The quantitative estimate of drug-likeness (QED) is 0.651. The number of aromatic nitrogens is 1. The number of nitrogens with zero attached hydrogens (tertiary/aromatic N) is 1. The van der Waals surface area contributed by atoms with Crippen molar-refractivity contribution in [1.82, 2.24) is 4.98 Å². The van der Waals surface area contributed by atoms with Crippen LogP contribution < -0.4 is 0 Å². The van der Waals surface area contributed by atoms with Crippen molar-refractivity contribution < 1.29 is 4.39 Å². The van der Waals surface area contributed by atoms with Gasteiger partial charge >= 0.3 is 0 Å². The van der Waals surface area contributed by atoms with E-state index in [-0.39, 0.29) is 17.1 Å². The lowest BCUT2D eigenvalue weighted by molar-refractivity contribution is 0.434. The van der Waals surface area contributed by atoms with Crippen LogP contribution >= 0.6 is 11.6 Å². The highest BCUT2D eigenvalue weighted by atomic mass is 35.5. The average molecular weight is 214 g/mol. The first-order valence-electron chi connectivity index (χ1n) is 5.01. The second-order valence-corrected chi connectivity index (χ2v) is 4.48. The molecule has 2 unspecified atom stereocenters. The predicted octanol–water partition coefficient (Wildman–Crippen LogP) is 3.49. The van der Waals surface area contributed by atoms with Gasteiger partial charge in [0, 0.05) is 11.6 Å². The maximum absolute atomic E-state index is 13.4. The third kappa shape index (κ3) is 2.06. The van der Waals surface area contributed by atoms with Crippen LogP contribution in [-0.4, -0.2) is 10.4 Å². The summed E-state index contributed by atoms with van der Waals surface area (Å²) in [5.74, 6) is 0.0949. The maximum atomic E-state index is 13.4. The fourth-order valence-electron chi connectivity index (χ4n) is 2.13. The summed E-state index contributed by atoms with van der Waals surface area (Å²) in [6, 6.07) is 1.77. The van der Waals surface area contributed by atoms with Crippen molar-refractivity contribution in [2.75, 3.05) is 0 Å². The summed E-state index contributed by atoms with van der Waals surface area (Å²) in [4.78, 5) is 3.75. The molecule has 1 aliphatic rings. The fourth-order valence-corrected chi connectivity index (χ4v) is 2.50. The predicted molar refractivity (Wildman–Crippen MR) is 55.0 cm³/mol. The van der Waals surface area contributed by atoms with E-state index in [0.717, 1.165) is 31.2 Å². The van der Waals surface area contributed by atoms with E-state index in [4.69, 9.17) is 11.6 Å². The molecule has 1 heterocycles. The minimum absolute atomic E-state index is 0.191. The Labute approximate surface area is 88.3 Å². The van der Waals surface area contributed by atoms with Crippen LogP contribution in [0.4, 0.5) is 4.39 Å². The molecule has 1 aliphatic carbocycles. The zero-order valence-corrected chi connectivity index (χ0v) is 8.67. The summed E-state index contributed by atoms with van der Waals surface area (Å²) in [6.45, 7) is 0. The van der Waals surface area contributed by atoms with Crippen molar-refractivity contribution in [3.8, 4) is 0 Å². The Balaban J connectivity index is 2.18. The number of halogens is 2. The zero-order valence-electron chi connectivity index (χ0n) is 7.92. The van der Waals surface area contributed by atoms with Crippen LogP contribution in [0.1, 0.15) is 37.2 Å². The Morgan fingerprint density at radius 2 is 2.29 bits per heavy atom. The van der Waals surface area contributed by atoms with Crippen molar-refractivity contribution in [3.05, 3.63) is 29.8 Å². The number of hydrogen-bond acceptors (Lipinski definition) is 1. The van der Waals surface area contributed by atoms with E-state index >= 15 is 0 Å². The molecule has 0 aromatic carbocycles. The summed E-state index contributed by atoms with van der Waals surface area (Å²) in [5.41, 5.74) is 0.783. The highest BCUT2D eigenvalue weighted by molar-refractivity contribution is 6.20. The second-order valence-electron chi connectivity index (χ2n) is 3.86. The van der Waals surface area contributed by atoms with Crippen molar-refractivity contribution in [2.24, 2.45) is 0 Å². The molecule has 0 spiro atoms.